The van der Waals surface area contributed by atoms with Gasteiger partial charge in [-0.05, 0) is 56.5 Å². The predicted molar refractivity (Wildman–Crippen MR) is 130 cm³/mol. The maximum atomic E-state index is 13.2. The molecule has 1 N–H and O–H groups in total. The van der Waals surface area contributed by atoms with Gasteiger partial charge in [-0.3, -0.25) is 4.79 Å². The van der Waals surface area contributed by atoms with Crippen molar-refractivity contribution in [1.82, 2.24) is 10.3 Å². The van der Waals surface area contributed by atoms with Crippen LogP contribution in [0.5, 0.6) is 5.88 Å². The maximum Gasteiger partial charge on any atom is 0.417 e. The minimum absolute atomic E-state index is 0.133. The van der Waals surface area contributed by atoms with Gasteiger partial charge >= 0.3 is 6.18 Å². The summed E-state index contributed by atoms with van der Waals surface area (Å²) in [4.78, 5) is 16.9. The number of alkyl halides is 3. The first-order valence-corrected chi connectivity index (χ1v) is 11.5. The Labute approximate surface area is 212 Å². The van der Waals surface area contributed by atoms with E-state index in [-0.39, 0.29) is 5.88 Å². The molecular formula is C27H25ClF3N3O2. The van der Waals surface area contributed by atoms with Gasteiger partial charge in [0.15, 0.2) is 5.60 Å². The Morgan fingerprint density at radius 1 is 1.06 bits per heavy atom. The van der Waals surface area contributed by atoms with E-state index >= 15 is 0 Å². The van der Waals surface area contributed by atoms with Gasteiger partial charge in [0.2, 0.25) is 5.88 Å². The van der Waals surface area contributed by atoms with Crippen LogP contribution >= 0.6 is 11.6 Å². The second-order valence-electron chi connectivity index (χ2n) is 8.94. The molecule has 0 aliphatic rings. The number of halogens is 4. The number of nitrogens with one attached hydrogen (secondary N) is 1. The molecule has 0 aliphatic carbocycles. The number of nitrogens with zero attached hydrogens (tertiary/aromatic N) is 2. The normalized spacial score (nSPS) is 14.3. The molecule has 188 valence electrons. The Morgan fingerprint density at radius 2 is 1.69 bits per heavy atom. The molecule has 3 rings (SSSR count). The molecule has 36 heavy (non-hydrogen) atoms. The Morgan fingerprint density at radius 3 is 2.22 bits per heavy atom. The topological polar surface area (TPSA) is 75.0 Å². The summed E-state index contributed by atoms with van der Waals surface area (Å²) in [5, 5.41) is 13.8. The lowest BCUT2D eigenvalue weighted by Crippen LogP contribution is -2.56. The molecule has 2 aromatic carbocycles. The van der Waals surface area contributed by atoms with E-state index in [1.165, 1.54) is 13.8 Å². The average molecular weight is 516 g/mol. The summed E-state index contributed by atoms with van der Waals surface area (Å²) in [6.45, 7) is 4.69. The lowest BCUT2D eigenvalue weighted by atomic mass is 9.71. The van der Waals surface area contributed by atoms with Crippen molar-refractivity contribution in [2.75, 3.05) is 0 Å². The number of amides is 1. The monoisotopic (exact) mass is 515 g/mol. The van der Waals surface area contributed by atoms with E-state index in [4.69, 9.17) is 16.3 Å². The molecular weight excluding hydrogens is 491 g/mol. The molecule has 1 aromatic heterocycles. The van der Waals surface area contributed by atoms with Gasteiger partial charge in [-0.1, -0.05) is 54.1 Å². The Bertz CT molecular complexity index is 1220. The highest BCUT2D eigenvalue weighted by Crippen LogP contribution is 2.33. The fourth-order valence-corrected chi connectivity index (χ4v) is 3.90. The van der Waals surface area contributed by atoms with Crippen LogP contribution in [0.2, 0.25) is 5.02 Å². The van der Waals surface area contributed by atoms with E-state index < -0.39 is 34.7 Å². The number of ether oxygens (including phenoxy) is 1. The lowest BCUT2D eigenvalue weighted by Gasteiger charge is -2.36. The van der Waals surface area contributed by atoms with Crippen LogP contribution < -0.4 is 10.1 Å². The molecule has 3 aromatic rings. The van der Waals surface area contributed by atoms with Gasteiger partial charge in [0, 0.05) is 23.3 Å². The number of rotatable bonds is 8. The average Bonchev–Trinajstić information content (AvgIpc) is 2.83. The van der Waals surface area contributed by atoms with Crippen LogP contribution in [0, 0.1) is 11.3 Å². The summed E-state index contributed by atoms with van der Waals surface area (Å²) in [5.74, 6) is -0.685. The molecule has 0 saturated heterocycles. The molecule has 9 heteroatoms. The largest absolute Gasteiger partial charge is 0.462 e. The van der Waals surface area contributed by atoms with Crippen LogP contribution in [0.1, 0.15) is 37.5 Å². The number of aromatic nitrogens is 1. The highest BCUT2D eigenvalue weighted by Gasteiger charge is 2.42. The van der Waals surface area contributed by atoms with Crippen molar-refractivity contribution in [3.05, 3.63) is 94.6 Å². The first-order valence-electron chi connectivity index (χ1n) is 11.1. The Balaban J connectivity index is 1.85. The highest BCUT2D eigenvalue weighted by atomic mass is 35.5. The molecule has 0 spiro atoms. The van der Waals surface area contributed by atoms with Gasteiger partial charge in [-0.15, -0.1) is 0 Å². The summed E-state index contributed by atoms with van der Waals surface area (Å²) >= 11 is 6.02. The zero-order valence-electron chi connectivity index (χ0n) is 19.9. The molecule has 0 bridgehead atoms. The fourth-order valence-electron chi connectivity index (χ4n) is 3.78. The summed E-state index contributed by atoms with van der Waals surface area (Å²) in [7, 11) is 0. The van der Waals surface area contributed by atoms with Gasteiger partial charge in [-0.2, -0.15) is 18.4 Å². The van der Waals surface area contributed by atoms with Crippen molar-refractivity contribution in [3.8, 4) is 11.9 Å². The molecule has 1 heterocycles. The Kier molecular flexibility index (Phi) is 7.95. The molecule has 5 nitrogen and oxygen atoms in total. The van der Waals surface area contributed by atoms with Gasteiger partial charge < -0.3 is 10.1 Å². The SMILES string of the molecule is CC(NC(=O)C(C)(C)Oc1ccc(C(F)(F)F)cn1)C(C#N)(Cc1ccc(Cl)cc1)c1ccccc1. The van der Waals surface area contributed by atoms with Crippen LogP contribution in [0.4, 0.5) is 13.2 Å². The summed E-state index contributed by atoms with van der Waals surface area (Å²) in [6.07, 6.45) is -3.59. The Hall–Kier alpha value is -3.57. The zero-order chi connectivity index (χ0) is 26.6. The predicted octanol–water partition coefficient (Wildman–Crippen LogP) is 6.12. The maximum absolute atomic E-state index is 13.2. The van der Waals surface area contributed by atoms with Crippen molar-refractivity contribution in [3.63, 3.8) is 0 Å². The number of carbonyl (C=O) groups is 1. The summed E-state index contributed by atoms with van der Waals surface area (Å²) < 4.78 is 44.1. The van der Waals surface area contributed by atoms with Crippen LogP contribution in [0.3, 0.4) is 0 Å². The van der Waals surface area contributed by atoms with Gasteiger partial charge in [0.1, 0.15) is 5.41 Å². The first-order chi connectivity index (χ1) is 16.9. The standard InChI is InChI=1S/C27H25ClF3N3O2/c1-18(34-24(35)25(2,3)36-23-14-11-21(16-33-23)27(29,30)31)26(17-32,20-7-5-4-6-8-20)15-19-9-12-22(28)13-10-19/h4-14,16,18H,15H2,1-3H3,(H,34,35). The second-order valence-corrected chi connectivity index (χ2v) is 9.38. The smallest absolute Gasteiger partial charge is 0.417 e. The van der Waals surface area contributed by atoms with Crippen molar-refractivity contribution in [1.29, 1.82) is 5.26 Å². The third-order valence-corrected chi connectivity index (χ3v) is 6.19. The summed E-state index contributed by atoms with van der Waals surface area (Å²) in [5.41, 5.74) is -1.96. The van der Waals surface area contributed by atoms with E-state index in [0.717, 1.165) is 23.3 Å². The molecule has 0 aliphatic heterocycles. The van der Waals surface area contributed by atoms with Gasteiger partial charge in [-0.25, -0.2) is 4.98 Å². The molecule has 0 saturated carbocycles. The zero-order valence-corrected chi connectivity index (χ0v) is 20.7. The van der Waals surface area contributed by atoms with Crippen LogP contribution in [-0.4, -0.2) is 22.5 Å². The van der Waals surface area contributed by atoms with Crippen molar-refractivity contribution >= 4 is 17.5 Å². The molecule has 0 fully saturated rings. The molecule has 0 radical (unpaired) electrons. The highest BCUT2D eigenvalue weighted by molar-refractivity contribution is 6.30. The van der Waals surface area contributed by atoms with Gasteiger partial charge in [0.05, 0.1) is 11.6 Å². The quantitative estimate of drug-likeness (QED) is 0.392. The minimum Gasteiger partial charge on any atom is -0.462 e. The minimum atomic E-state index is -4.53. The number of hydrogen-bond acceptors (Lipinski definition) is 4. The summed E-state index contributed by atoms with van der Waals surface area (Å²) in [6, 6.07) is 19.9. The number of nitriles is 1. The van der Waals surface area contributed by atoms with E-state index in [0.29, 0.717) is 17.6 Å². The first kappa shape index (κ1) is 27.0. The van der Waals surface area contributed by atoms with E-state index in [9.17, 15) is 23.2 Å². The second kappa shape index (κ2) is 10.6. The van der Waals surface area contributed by atoms with E-state index in [2.05, 4.69) is 16.4 Å². The fraction of sp³-hybridized carbons (Fsp3) is 0.296. The number of hydrogen-bond donors (Lipinski definition) is 1. The number of pyridine rings is 1. The lowest BCUT2D eigenvalue weighted by molar-refractivity contribution is -0.138. The molecule has 1 amide bonds. The van der Waals surface area contributed by atoms with Crippen LogP contribution in [0.15, 0.2) is 72.9 Å². The van der Waals surface area contributed by atoms with Crippen molar-refractivity contribution in [2.45, 2.75) is 50.4 Å². The third kappa shape index (κ3) is 6.16. The third-order valence-electron chi connectivity index (χ3n) is 5.94. The molecule has 2 unspecified atom stereocenters. The van der Waals surface area contributed by atoms with Crippen molar-refractivity contribution in [2.24, 2.45) is 0 Å². The number of benzene rings is 2. The van der Waals surface area contributed by atoms with E-state index in [1.54, 1.807) is 19.1 Å². The molecule has 2 atom stereocenters. The number of carbonyl (C=O) groups excluding carboxylic acids is 1. The van der Waals surface area contributed by atoms with Crippen LogP contribution in [-0.2, 0) is 22.8 Å². The van der Waals surface area contributed by atoms with Crippen molar-refractivity contribution < 1.29 is 22.7 Å². The van der Waals surface area contributed by atoms with Crippen LogP contribution in [0.25, 0.3) is 0 Å². The van der Waals surface area contributed by atoms with Gasteiger partial charge in [0.25, 0.3) is 5.91 Å². The van der Waals surface area contributed by atoms with E-state index in [1.807, 2.05) is 42.5 Å².